The van der Waals surface area contributed by atoms with Gasteiger partial charge in [-0.2, -0.15) is 4.98 Å². The van der Waals surface area contributed by atoms with Crippen molar-refractivity contribution in [3.63, 3.8) is 0 Å². The number of rotatable bonds is 7. The van der Waals surface area contributed by atoms with Crippen LogP contribution in [-0.2, 0) is 4.74 Å². The maximum atomic E-state index is 5.67. The van der Waals surface area contributed by atoms with E-state index in [0.717, 1.165) is 49.6 Å². The topological polar surface area (TPSA) is 72.0 Å². The van der Waals surface area contributed by atoms with E-state index in [1.165, 1.54) is 0 Å². The first kappa shape index (κ1) is 16.6. The summed E-state index contributed by atoms with van der Waals surface area (Å²) >= 11 is 0. The molecule has 6 nitrogen and oxygen atoms in total. The molecule has 2 aromatic rings. The van der Waals surface area contributed by atoms with E-state index in [0.29, 0.717) is 12.0 Å². The van der Waals surface area contributed by atoms with Gasteiger partial charge in [0, 0.05) is 31.5 Å². The van der Waals surface area contributed by atoms with Gasteiger partial charge in [-0.3, -0.25) is 4.98 Å². The monoisotopic (exact) mass is 327 g/mol. The van der Waals surface area contributed by atoms with E-state index in [1.807, 2.05) is 24.3 Å². The molecule has 3 rings (SSSR count). The molecule has 24 heavy (non-hydrogen) atoms. The van der Waals surface area contributed by atoms with Crippen molar-refractivity contribution in [1.82, 2.24) is 15.0 Å². The molecular weight excluding hydrogens is 302 g/mol. The normalized spacial score (nSPS) is 18.3. The van der Waals surface area contributed by atoms with Crippen LogP contribution in [0, 0.1) is 0 Å². The Morgan fingerprint density at radius 3 is 2.92 bits per heavy atom. The highest BCUT2D eigenvalue weighted by molar-refractivity contribution is 5.61. The number of hydrogen-bond donors (Lipinski definition) is 2. The lowest BCUT2D eigenvalue weighted by Gasteiger charge is -2.15. The van der Waals surface area contributed by atoms with E-state index in [1.54, 1.807) is 6.20 Å². The van der Waals surface area contributed by atoms with Gasteiger partial charge in [0.25, 0.3) is 0 Å². The van der Waals surface area contributed by atoms with Crippen LogP contribution in [0.15, 0.2) is 30.5 Å². The average Bonchev–Trinajstić information content (AvgIpc) is 3.14. The van der Waals surface area contributed by atoms with Crippen LogP contribution < -0.4 is 10.6 Å². The van der Waals surface area contributed by atoms with Gasteiger partial charge in [0.05, 0.1) is 17.5 Å². The quantitative estimate of drug-likeness (QED) is 0.812. The van der Waals surface area contributed by atoms with Crippen molar-refractivity contribution in [2.75, 3.05) is 23.8 Å². The summed E-state index contributed by atoms with van der Waals surface area (Å²) in [5.74, 6) is 1.43. The zero-order valence-electron chi connectivity index (χ0n) is 14.3. The first-order chi connectivity index (χ1) is 11.7. The minimum absolute atomic E-state index is 0.268. The molecule has 0 bridgehead atoms. The van der Waals surface area contributed by atoms with E-state index < -0.39 is 0 Å². The van der Waals surface area contributed by atoms with Crippen LogP contribution in [0.2, 0.25) is 0 Å². The molecule has 0 saturated carbocycles. The van der Waals surface area contributed by atoms with Gasteiger partial charge in [-0.25, -0.2) is 4.98 Å². The summed E-state index contributed by atoms with van der Waals surface area (Å²) in [6.07, 6.45) is 5.29. The highest BCUT2D eigenvalue weighted by atomic mass is 16.5. The number of nitrogens with one attached hydrogen (secondary N) is 2. The lowest BCUT2D eigenvalue weighted by atomic mass is 10.2. The number of ether oxygens (including phenoxy) is 1. The van der Waals surface area contributed by atoms with E-state index in [-0.39, 0.29) is 6.10 Å². The van der Waals surface area contributed by atoms with Crippen LogP contribution >= 0.6 is 0 Å². The Labute approximate surface area is 143 Å². The summed E-state index contributed by atoms with van der Waals surface area (Å²) in [6.45, 7) is 5.88. The molecule has 0 unspecified atom stereocenters. The highest BCUT2D eigenvalue weighted by Crippen LogP contribution is 2.21. The van der Waals surface area contributed by atoms with Gasteiger partial charge in [0.15, 0.2) is 0 Å². The first-order valence-corrected chi connectivity index (χ1v) is 8.67. The molecule has 128 valence electrons. The molecule has 0 amide bonds. The van der Waals surface area contributed by atoms with Crippen molar-refractivity contribution >= 4 is 11.8 Å². The SMILES string of the molecule is CC[C@H](C)Nc1nc(NC[C@H]2CCCO2)cc(-c2ccccn2)n1. The third kappa shape index (κ3) is 4.41. The summed E-state index contributed by atoms with van der Waals surface area (Å²) in [4.78, 5) is 13.6. The summed E-state index contributed by atoms with van der Waals surface area (Å²) in [5, 5.41) is 6.73. The second-order valence-electron chi connectivity index (χ2n) is 6.15. The molecular formula is C18H25N5O. The van der Waals surface area contributed by atoms with E-state index in [2.05, 4.69) is 39.4 Å². The highest BCUT2D eigenvalue weighted by Gasteiger charge is 2.16. The number of anilines is 2. The standard InChI is InChI=1S/C18H25N5O/c1-3-13(2)21-18-22-16(15-8-4-5-9-19-15)11-17(23-18)20-12-14-7-6-10-24-14/h4-5,8-9,11,13-14H,3,6-7,10,12H2,1-2H3,(H2,20,21,22,23)/t13-,14+/m0/s1. The van der Waals surface area contributed by atoms with Crippen molar-refractivity contribution in [3.8, 4) is 11.4 Å². The third-order valence-electron chi connectivity index (χ3n) is 4.18. The van der Waals surface area contributed by atoms with Gasteiger partial charge in [-0.15, -0.1) is 0 Å². The van der Waals surface area contributed by atoms with Gasteiger partial charge >= 0.3 is 0 Å². The number of hydrogen-bond acceptors (Lipinski definition) is 6. The van der Waals surface area contributed by atoms with Crippen molar-refractivity contribution in [2.45, 2.75) is 45.3 Å². The Bertz CT molecular complexity index is 643. The Morgan fingerprint density at radius 2 is 2.21 bits per heavy atom. The summed E-state index contributed by atoms with van der Waals surface area (Å²) in [6, 6.07) is 8.08. The summed E-state index contributed by atoms with van der Waals surface area (Å²) in [7, 11) is 0. The van der Waals surface area contributed by atoms with E-state index in [9.17, 15) is 0 Å². The van der Waals surface area contributed by atoms with Crippen molar-refractivity contribution in [2.24, 2.45) is 0 Å². The molecule has 0 spiro atoms. The second kappa shape index (κ2) is 8.06. The van der Waals surface area contributed by atoms with Gasteiger partial charge < -0.3 is 15.4 Å². The third-order valence-corrected chi connectivity index (χ3v) is 4.18. The second-order valence-corrected chi connectivity index (χ2v) is 6.15. The molecule has 1 saturated heterocycles. The van der Waals surface area contributed by atoms with Crippen LogP contribution in [0.3, 0.4) is 0 Å². The van der Waals surface area contributed by atoms with Crippen molar-refractivity contribution < 1.29 is 4.74 Å². The van der Waals surface area contributed by atoms with Gasteiger partial charge in [0.1, 0.15) is 5.82 Å². The lowest BCUT2D eigenvalue weighted by Crippen LogP contribution is -2.20. The van der Waals surface area contributed by atoms with Crippen LogP contribution in [0.4, 0.5) is 11.8 Å². The van der Waals surface area contributed by atoms with Crippen LogP contribution in [0.25, 0.3) is 11.4 Å². The fourth-order valence-corrected chi connectivity index (χ4v) is 2.59. The fourth-order valence-electron chi connectivity index (χ4n) is 2.59. The maximum Gasteiger partial charge on any atom is 0.225 e. The Hall–Kier alpha value is -2.21. The van der Waals surface area contributed by atoms with Gasteiger partial charge in [0.2, 0.25) is 5.95 Å². The fraction of sp³-hybridized carbons (Fsp3) is 0.500. The zero-order valence-corrected chi connectivity index (χ0v) is 14.3. The largest absolute Gasteiger partial charge is 0.376 e. The van der Waals surface area contributed by atoms with Crippen LogP contribution in [-0.4, -0.2) is 40.2 Å². The van der Waals surface area contributed by atoms with Crippen molar-refractivity contribution in [1.29, 1.82) is 0 Å². The molecule has 6 heteroatoms. The molecule has 2 N–H and O–H groups in total. The Kier molecular flexibility index (Phi) is 5.59. The predicted molar refractivity (Wildman–Crippen MR) is 96.1 cm³/mol. The summed E-state index contributed by atoms with van der Waals surface area (Å²) in [5.41, 5.74) is 1.65. The summed E-state index contributed by atoms with van der Waals surface area (Å²) < 4.78 is 5.67. The van der Waals surface area contributed by atoms with Gasteiger partial charge in [-0.05, 0) is 38.3 Å². The van der Waals surface area contributed by atoms with E-state index >= 15 is 0 Å². The Morgan fingerprint density at radius 1 is 1.29 bits per heavy atom. The zero-order chi connectivity index (χ0) is 16.8. The smallest absolute Gasteiger partial charge is 0.225 e. The Balaban J connectivity index is 1.81. The first-order valence-electron chi connectivity index (χ1n) is 8.67. The molecule has 2 aromatic heterocycles. The van der Waals surface area contributed by atoms with Crippen molar-refractivity contribution in [3.05, 3.63) is 30.5 Å². The van der Waals surface area contributed by atoms with Gasteiger partial charge in [-0.1, -0.05) is 13.0 Å². The molecule has 1 fully saturated rings. The maximum absolute atomic E-state index is 5.67. The lowest BCUT2D eigenvalue weighted by molar-refractivity contribution is 0.120. The average molecular weight is 327 g/mol. The molecule has 3 heterocycles. The molecule has 0 radical (unpaired) electrons. The van der Waals surface area contributed by atoms with Crippen LogP contribution in [0.1, 0.15) is 33.1 Å². The molecule has 2 atom stereocenters. The number of nitrogens with zero attached hydrogens (tertiary/aromatic N) is 3. The predicted octanol–water partition coefficient (Wildman–Crippen LogP) is 3.34. The molecule has 1 aliphatic rings. The van der Waals surface area contributed by atoms with Crippen LogP contribution in [0.5, 0.6) is 0 Å². The minimum atomic E-state index is 0.268. The minimum Gasteiger partial charge on any atom is -0.376 e. The number of pyridine rings is 1. The molecule has 0 aromatic carbocycles. The molecule has 1 aliphatic heterocycles. The van der Waals surface area contributed by atoms with E-state index in [4.69, 9.17) is 4.74 Å². The molecule has 0 aliphatic carbocycles. The number of aromatic nitrogens is 3.